The summed E-state index contributed by atoms with van der Waals surface area (Å²) in [5.41, 5.74) is 7.71. The summed E-state index contributed by atoms with van der Waals surface area (Å²) in [5.74, 6) is -0.469. The molecule has 5 rings (SSSR count). The molecular weight excluding hydrogens is 481 g/mol. The van der Waals surface area contributed by atoms with Gasteiger partial charge in [0.05, 0.1) is 17.8 Å². The quantitative estimate of drug-likeness (QED) is 0.373. The van der Waals surface area contributed by atoms with Crippen molar-refractivity contribution in [2.75, 3.05) is 19.4 Å². The van der Waals surface area contributed by atoms with E-state index in [2.05, 4.69) is 10.1 Å². The van der Waals surface area contributed by atoms with E-state index in [1.54, 1.807) is 36.1 Å². The minimum absolute atomic E-state index is 0.167. The van der Waals surface area contributed by atoms with E-state index in [-0.39, 0.29) is 17.9 Å². The van der Waals surface area contributed by atoms with Crippen LogP contribution in [0.5, 0.6) is 5.75 Å². The standard InChI is InChI=1S/C21H18F5N5O2S/c1-30(17-10-33-18-8-12(4-5-13(17)18)34(22,23,24,25)26)21(32)11-3-6-16-14(7-11)15-9-28-31(2)19(15)20(27)29-16/h3-9,17H,10H2,1-2H3,(H2,27,29)/t17-/m1/s1. The number of hydrogen-bond donors (Lipinski definition) is 1. The van der Waals surface area contributed by atoms with Crippen LogP contribution in [0.1, 0.15) is 22.0 Å². The van der Waals surface area contributed by atoms with Crippen LogP contribution in [0.4, 0.5) is 25.2 Å². The summed E-state index contributed by atoms with van der Waals surface area (Å²) in [6.45, 7) is -0.167. The van der Waals surface area contributed by atoms with Crippen molar-refractivity contribution in [3.8, 4) is 5.75 Å². The van der Waals surface area contributed by atoms with E-state index in [9.17, 15) is 24.2 Å². The number of rotatable bonds is 3. The molecule has 34 heavy (non-hydrogen) atoms. The maximum Gasteiger partial charge on any atom is 0.310 e. The number of halogens is 5. The number of nitrogens with zero attached hydrogens (tertiary/aromatic N) is 4. The Labute approximate surface area is 189 Å². The first kappa shape index (κ1) is 22.2. The first-order chi connectivity index (χ1) is 15.6. The van der Waals surface area contributed by atoms with Crippen molar-refractivity contribution in [1.29, 1.82) is 0 Å². The molecule has 1 atom stereocenters. The van der Waals surface area contributed by atoms with Crippen molar-refractivity contribution in [2.24, 2.45) is 7.05 Å². The highest BCUT2D eigenvalue weighted by Crippen LogP contribution is 3.02. The maximum absolute atomic E-state index is 13.2. The lowest BCUT2D eigenvalue weighted by Gasteiger charge is -2.40. The second kappa shape index (κ2) is 6.29. The zero-order chi connectivity index (χ0) is 24.7. The van der Waals surface area contributed by atoms with E-state index >= 15 is 0 Å². The van der Waals surface area contributed by atoms with Gasteiger partial charge in [-0.05, 0) is 24.3 Å². The molecule has 2 N–H and O–H groups in total. The average molecular weight is 499 g/mol. The Morgan fingerprint density at radius 2 is 1.88 bits per heavy atom. The summed E-state index contributed by atoms with van der Waals surface area (Å²) < 4.78 is 72.6. The van der Waals surface area contributed by atoms with Gasteiger partial charge in [-0.25, -0.2) is 4.98 Å². The zero-order valence-corrected chi connectivity index (χ0v) is 18.6. The number of fused-ring (bicyclic) bond motifs is 4. The molecular formula is C21H18F5N5O2S. The van der Waals surface area contributed by atoms with Gasteiger partial charge in [0.1, 0.15) is 28.6 Å². The number of nitrogens with two attached hydrogens (primary N) is 1. The number of ether oxygens (including phenoxy) is 1. The number of hydrogen-bond acceptors (Lipinski definition) is 5. The van der Waals surface area contributed by atoms with Gasteiger partial charge in [-0.2, -0.15) is 5.10 Å². The van der Waals surface area contributed by atoms with Crippen LogP contribution in [0.25, 0.3) is 21.8 Å². The molecule has 0 fully saturated rings. The fourth-order valence-corrected chi connectivity index (χ4v) is 4.84. The Balaban J connectivity index is 1.50. The van der Waals surface area contributed by atoms with Crippen molar-refractivity contribution < 1.29 is 29.0 Å². The summed E-state index contributed by atoms with van der Waals surface area (Å²) in [6.07, 6.45) is 1.62. The summed E-state index contributed by atoms with van der Waals surface area (Å²) in [4.78, 5) is 16.9. The van der Waals surface area contributed by atoms with Crippen LogP contribution >= 0.6 is 10.2 Å². The molecule has 2 aromatic carbocycles. The number of likely N-dealkylation sites (N-methyl/N-ethyl adjacent to an activating group) is 1. The molecule has 3 heterocycles. The topological polar surface area (TPSA) is 86.3 Å². The van der Waals surface area contributed by atoms with Crippen molar-refractivity contribution in [3.05, 3.63) is 53.7 Å². The molecule has 13 heteroatoms. The highest BCUT2D eigenvalue weighted by atomic mass is 32.5. The fourth-order valence-electron chi connectivity index (χ4n) is 4.18. The van der Waals surface area contributed by atoms with E-state index in [1.165, 1.54) is 11.9 Å². The van der Waals surface area contributed by atoms with Gasteiger partial charge in [0.15, 0.2) is 0 Å². The zero-order valence-electron chi connectivity index (χ0n) is 17.8. The van der Waals surface area contributed by atoms with Crippen molar-refractivity contribution in [3.63, 3.8) is 0 Å². The normalized spacial score (nSPS) is 17.8. The minimum atomic E-state index is -9.85. The second-order valence-electron chi connectivity index (χ2n) is 8.17. The molecule has 2 aromatic heterocycles. The van der Waals surface area contributed by atoms with Gasteiger partial charge in [0.2, 0.25) is 0 Å². The number of anilines is 1. The molecule has 0 spiro atoms. The van der Waals surface area contributed by atoms with Crippen LogP contribution < -0.4 is 10.5 Å². The van der Waals surface area contributed by atoms with Crippen LogP contribution in [0.2, 0.25) is 0 Å². The minimum Gasteiger partial charge on any atom is -0.491 e. The Morgan fingerprint density at radius 1 is 1.15 bits per heavy atom. The lowest BCUT2D eigenvalue weighted by molar-refractivity contribution is 0.0708. The maximum atomic E-state index is 13.2. The number of aromatic nitrogens is 3. The molecule has 0 bridgehead atoms. The van der Waals surface area contributed by atoms with Gasteiger partial charge in [-0.15, -0.1) is 0 Å². The monoisotopic (exact) mass is 499 g/mol. The lowest BCUT2D eigenvalue weighted by atomic mass is 10.0. The Hall–Kier alpha value is -3.61. The van der Waals surface area contributed by atoms with E-state index in [4.69, 9.17) is 10.5 Å². The highest BCUT2D eigenvalue weighted by molar-refractivity contribution is 8.45. The first-order valence-corrected chi connectivity index (χ1v) is 11.9. The average Bonchev–Trinajstić information content (AvgIpc) is 3.35. The third-order valence-corrected chi connectivity index (χ3v) is 7.07. The predicted molar refractivity (Wildman–Crippen MR) is 119 cm³/mol. The molecule has 1 amide bonds. The van der Waals surface area contributed by atoms with Gasteiger partial charge in [0, 0.05) is 42.1 Å². The summed E-state index contributed by atoms with van der Waals surface area (Å²) in [5, 5.41) is 5.55. The molecule has 0 saturated carbocycles. The lowest BCUT2D eigenvalue weighted by Crippen LogP contribution is -2.32. The second-order valence-corrected chi connectivity index (χ2v) is 10.6. The Kier molecular flexibility index (Phi) is 4.10. The molecule has 0 unspecified atom stereocenters. The first-order valence-electron chi connectivity index (χ1n) is 9.93. The molecule has 4 aromatic rings. The van der Waals surface area contributed by atoms with Gasteiger partial charge < -0.3 is 15.4 Å². The number of pyridine rings is 1. The number of benzene rings is 2. The SMILES string of the molecule is CN(C(=O)c1ccc2nc(N)c3c(cnn3C)c2c1)[C@@H]1COc2cc(S(F)(F)(F)(F)F)ccc21. The number of carbonyl (C=O) groups excluding carboxylic acids is 1. The molecule has 7 nitrogen and oxygen atoms in total. The third kappa shape index (κ3) is 3.47. The van der Waals surface area contributed by atoms with Gasteiger partial charge in [-0.1, -0.05) is 25.5 Å². The van der Waals surface area contributed by atoms with E-state index in [1.807, 2.05) is 0 Å². The predicted octanol–water partition coefficient (Wildman–Crippen LogP) is 5.57. The van der Waals surface area contributed by atoms with E-state index < -0.39 is 27.1 Å². The molecule has 1 aliphatic rings. The number of carbonyl (C=O) groups is 1. The van der Waals surface area contributed by atoms with Crippen LogP contribution in [0, 0.1) is 0 Å². The van der Waals surface area contributed by atoms with Crippen LogP contribution in [-0.4, -0.2) is 39.2 Å². The fraction of sp³-hybridized carbons (Fsp3) is 0.190. The van der Waals surface area contributed by atoms with E-state index in [0.717, 1.165) is 6.07 Å². The molecule has 180 valence electrons. The smallest absolute Gasteiger partial charge is 0.310 e. The van der Waals surface area contributed by atoms with Gasteiger partial charge >= 0.3 is 10.2 Å². The molecule has 0 saturated heterocycles. The van der Waals surface area contributed by atoms with Crippen LogP contribution in [0.15, 0.2) is 47.5 Å². The number of nitrogen functional groups attached to an aromatic ring is 1. The van der Waals surface area contributed by atoms with Crippen LogP contribution in [-0.2, 0) is 7.05 Å². The van der Waals surface area contributed by atoms with Gasteiger partial charge in [0.25, 0.3) is 5.91 Å². The third-order valence-electron chi connectivity index (χ3n) is 5.93. The Morgan fingerprint density at radius 3 is 2.59 bits per heavy atom. The summed E-state index contributed by atoms with van der Waals surface area (Å²) >= 11 is 0. The number of aryl methyl sites for hydroxylation is 1. The largest absolute Gasteiger partial charge is 0.491 e. The number of amides is 1. The molecule has 0 aliphatic carbocycles. The molecule has 0 radical (unpaired) electrons. The summed E-state index contributed by atoms with van der Waals surface area (Å²) in [6, 6.07) is 5.62. The summed E-state index contributed by atoms with van der Waals surface area (Å²) in [7, 11) is -6.66. The Bertz CT molecular complexity index is 1520. The molecule has 1 aliphatic heterocycles. The van der Waals surface area contributed by atoms with Gasteiger partial charge in [-0.3, -0.25) is 9.48 Å². The van der Waals surface area contributed by atoms with Crippen molar-refractivity contribution in [1.82, 2.24) is 19.7 Å². The highest BCUT2D eigenvalue weighted by Gasteiger charge is 2.65. The van der Waals surface area contributed by atoms with Crippen LogP contribution in [0.3, 0.4) is 0 Å². The van der Waals surface area contributed by atoms with Crippen molar-refractivity contribution in [2.45, 2.75) is 10.9 Å². The van der Waals surface area contributed by atoms with Crippen molar-refractivity contribution >= 4 is 43.8 Å². The van der Waals surface area contributed by atoms with E-state index in [0.29, 0.717) is 45.3 Å².